The Morgan fingerprint density at radius 1 is 1.67 bits per heavy atom. The van der Waals surface area contributed by atoms with Crippen LogP contribution >= 0.6 is 23.5 Å². The molecule has 4 N–H and O–H groups in total. The lowest BCUT2D eigenvalue weighted by Crippen LogP contribution is -2.34. The molecule has 0 fully saturated rings. The van der Waals surface area contributed by atoms with Gasteiger partial charge in [-0.1, -0.05) is 18.2 Å². The predicted molar refractivity (Wildman–Crippen MR) is 46.5 cm³/mol. The smallest absolute Gasteiger partial charge is 0.370 e. The number of nitrogens with zero attached hydrogens (tertiary/aromatic N) is 1. The second-order valence-electron chi connectivity index (χ2n) is 1.78. The van der Waals surface area contributed by atoms with E-state index in [1.165, 1.54) is 0 Å². The zero-order valence-corrected chi connectivity index (χ0v) is 7.47. The zero-order chi connectivity index (χ0) is 9.78. The van der Waals surface area contributed by atoms with Crippen LogP contribution in [-0.2, 0) is 9.08 Å². The highest BCUT2D eigenvalue weighted by Gasteiger charge is 2.34. The van der Waals surface area contributed by atoms with E-state index in [4.69, 9.17) is 34.9 Å². The van der Waals surface area contributed by atoms with E-state index in [0.29, 0.717) is 0 Å². The van der Waals surface area contributed by atoms with Crippen molar-refractivity contribution in [2.75, 3.05) is 0 Å². The highest BCUT2D eigenvalue weighted by molar-refractivity contribution is 6.37. The molecule has 1 atom stereocenters. The molecule has 0 aromatic heterocycles. The summed E-state index contributed by atoms with van der Waals surface area (Å²) in [5.74, 6) is -1.39. The molecule has 0 heterocycles. The number of halogens is 2. The molecule has 0 amide bonds. The van der Waals surface area contributed by atoms with Gasteiger partial charge in [0.2, 0.25) is 0 Å². The summed E-state index contributed by atoms with van der Waals surface area (Å²) < 4.78 is 3.82. The minimum absolute atomic E-state index is 0.369. The molecule has 0 radical (unpaired) electrons. The third-order valence-electron chi connectivity index (χ3n) is 0.919. The Balaban J connectivity index is 4.80. The fourth-order valence-corrected chi connectivity index (χ4v) is 0.710. The molecule has 0 aliphatic rings. The van der Waals surface area contributed by atoms with Gasteiger partial charge in [-0.15, -0.1) is 0 Å². The number of carbonyl (C=O) groups is 1. The van der Waals surface area contributed by atoms with Crippen LogP contribution in [0.4, 0.5) is 0 Å². The molecule has 0 spiro atoms. The normalized spacial score (nSPS) is 14.2. The number of aliphatic imine (C=N–C) groups is 1. The number of alkyl halides is 1. The zero-order valence-electron chi connectivity index (χ0n) is 5.96. The Hall–Kier alpha value is -0.940. The Kier molecular flexibility index (Phi) is 3.85. The third-order valence-corrected chi connectivity index (χ3v) is 1.45. The molecule has 1 unspecified atom stereocenters. The summed E-state index contributed by atoms with van der Waals surface area (Å²) >= 11 is 10.3. The Morgan fingerprint density at radius 2 is 2.17 bits per heavy atom. The van der Waals surface area contributed by atoms with E-state index in [-0.39, 0.29) is 5.96 Å². The van der Waals surface area contributed by atoms with Gasteiger partial charge in [0, 0.05) is 0 Å². The summed E-state index contributed by atoms with van der Waals surface area (Å²) in [4.78, 5) is 12.3. The Morgan fingerprint density at radius 3 is 2.42 bits per heavy atom. The number of nitrogens with two attached hydrogens (primary N) is 2. The highest BCUT2D eigenvalue weighted by atomic mass is 35.5. The molecule has 5 nitrogen and oxygen atoms in total. The summed E-state index contributed by atoms with van der Waals surface area (Å²) in [5.41, 5.74) is 9.98. The van der Waals surface area contributed by atoms with Crippen molar-refractivity contribution < 1.29 is 9.08 Å². The maximum absolute atomic E-state index is 10.8. The molecule has 0 aliphatic heterocycles. The van der Waals surface area contributed by atoms with Gasteiger partial charge in [-0.3, -0.25) is 0 Å². The van der Waals surface area contributed by atoms with Gasteiger partial charge in [-0.2, -0.15) is 0 Å². The summed E-state index contributed by atoms with van der Waals surface area (Å²) in [6.45, 7) is 3.25. The molecule has 68 valence electrons. The monoisotopic (exact) mass is 211 g/mol. The maximum Gasteiger partial charge on any atom is 0.371 e. The minimum Gasteiger partial charge on any atom is -0.370 e. The lowest BCUT2D eigenvalue weighted by atomic mass is 10.3. The van der Waals surface area contributed by atoms with Gasteiger partial charge >= 0.3 is 5.97 Å². The van der Waals surface area contributed by atoms with E-state index in [0.717, 1.165) is 6.08 Å². The lowest BCUT2D eigenvalue weighted by Gasteiger charge is -2.12. The van der Waals surface area contributed by atoms with E-state index >= 15 is 0 Å². The van der Waals surface area contributed by atoms with Crippen LogP contribution in [0.5, 0.6) is 0 Å². The molecule has 0 saturated heterocycles. The van der Waals surface area contributed by atoms with Crippen LogP contribution in [-0.4, -0.2) is 16.9 Å². The van der Waals surface area contributed by atoms with E-state index in [1.807, 2.05) is 0 Å². The van der Waals surface area contributed by atoms with Gasteiger partial charge in [0.15, 0.2) is 5.96 Å². The second-order valence-corrected chi connectivity index (χ2v) is 2.51. The summed E-state index contributed by atoms with van der Waals surface area (Å²) in [5, 5.41) is 0. The van der Waals surface area contributed by atoms with Gasteiger partial charge in [-0.05, 0) is 6.08 Å². The van der Waals surface area contributed by atoms with Crippen LogP contribution < -0.4 is 11.5 Å². The average Bonchev–Trinajstić information content (AvgIpc) is 2.01. The summed E-state index contributed by atoms with van der Waals surface area (Å²) in [6, 6.07) is 0. The van der Waals surface area contributed by atoms with Gasteiger partial charge in [-0.25, -0.2) is 9.79 Å². The van der Waals surface area contributed by atoms with E-state index in [9.17, 15) is 4.79 Å². The van der Waals surface area contributed by atoms with Crippen molar-refractivity contribution in [2.24, 2.45) is 16.5 Å². The van der Waals surface area contributed by atoms with Crippen LogP contribution in [0.15, 0.2) is 17.6 Å². The molecule has 0 saturated carbocycles. The molecular formula is C5H7Cl2N3O2. The maximum atomic E-state index is 10.8. The van der Waals surface area contributed by atoms with E-state index in [2.05, 4.69) is 15.9 Å². The lowest BCUT2D eigenvalue weighted by molar-refractivity contribution is -0.135. The quantitative estimate of drug-likeness (QED) is 0.228. The molecule has 12 heavy (non-hydrogen) atoms. The van der Waals surface area contributed by atoms with Gasteiger partial charge in [0.05, 0.1) is 0 Å². The van der Waals surface area contributed by atoms with E-state index < -0.39 is 11.0 Å². The molecule has 0 aliphatic carbocycles. The van der Waals surface area contributed by atoms with Crippen molar-refractivity contribution in [1.29, 1.82) is 0 Å². The molecule has 0 aromatic rings. The van der Waals surface area contributed by atoms with Crippen molar-refractivity contribution in [1.82, 2.24) is 0 Å². The number of rotatable bonds is 3. The van der Waals surface area contributed by atoms with Crippen LogP contribution in [0, 0.1) is 0 Å². The first-order chi connectivity index (χ1) is 5.46. The van der Waals surface area contributed by atoms with Gasteiger partial charge < -0.3 is 15.8 Å². The number of hydrogen-bond acceptors (Lipinski definition) is 3. The van der Waals surface area contributed by atoms with Crippen molar-refractivity contribution >= 4 is 35.4 Å². The van der Waals surface area contributed by atoms with E-state index in [1.54, 1.807) is 0 Å². The fraction of sp³-hybridized carbons (Fsp3) is 0.200. The van der Waals surface area contributed by atoms with Crippen LogP contribution in [0.2, 0.25) is 0 Å². The van der Waals surface area contributed by atoms with Crippen molar-refractivity contribution in [3.63, 3.8) is 0 Å². The highest BCUT2D eigenvalue weighted by Crippen LogP contribution is 2.20. The SMILES string of the molecule is C=CC(Cl)(N=C(N)N)C(=O)OCl. The van der Waals surface area contributed by atoms with Crippen molar-refractivity contribution in [2.45, 2.75) is 5.00 Å². The second kappa shape index (κ2) is 4.18. The molecular weight excluding hydrogens is 205 g/mol. The standard InChI is InChI=1S/C5H7Cl2N3O2/c1-2-5(6,3(11)12-7)10-4(8)9/h2H,1H2,(H4,8,9,10). The predicted octanol–water partition coefficient (Wildman–Crippen LogP) is 0.0779. The summed E-state index contributed by atoms with van der Waals surface area (Å²) in [7, 11) is 0. The van der Waals surface area contributed by atoms with Crippen molar-refractivity contribution in [3.8, 4) is 0 Å². The van der Waals surface area contributed by atoms with Crippen LogP contribution in [0.3, 0.4) is 0 Å². The Labute approximate surface area is 79.1 Å². The molecule has 7 heteroatoms. The number of hydrogen-bond donors (Lipinski definition) is 2. The Bertz CT molecular complexity index is 227. The number of guanidine groups is 1. The fourth-order valence-electron chi connectivity index (χ4n) is 0.417. The largest absolute Gasteiger partial charge is 0.371 e. The third kappa shape index (κ3) is 2.60. The van der Waals surface area contributed by atoms with Crippen LogP contribution in [0.1, 0.15) is 0 Å². The van der Waals surface area contributed by atoms with Gasteiger partial charge in [0.1, 0.15) is 11.9 Å². The molecule has 0 bridgehead atoms. The first-order valence-corrected chi connectivity index (χ1v) is 3.41. The van der Waals surface area contributed by atoms with Crippen molar-refractivity contribution in [3.05, 3.63) is 12.7 Å². The van der Waals surface area contributed by atoms with Gasteiger partial charge in [0.25, 0.3) is 5.00 Å². The average molecular weight is 212 g/mol. The number of carbonyl (C=O) groups excluding carboxylic acids is 1. The molecule has 0 rings (SSSR count). The van der Waals surface area contributed by atoms with Crippen LogP contribution in [0.25, 0.3) is 0 Å². The summed E-state index contributed by atoms with van der Waals surface area (Å²) in [6.07, 6.45) is 0.999. The minimum atomic E-state index is -1.85. The topological polar surface area (TPSA) is 90.7 Å². The first-order valence-electron chi connectivity index (χ1n) is 2.72. The first kappa shape index (κ1) is 11.1. The molecule has 0 aromatic carbocycles.